The molecule has 0 aromatic rings. The number of aliphatic hydroxyl groups is 2. The standard InChI is InChI=1S/C10H19NO3/c1-10(14)5-6-11(8-10)9(13)4-2-3-7-12/h12,14H,2-8H2,1H3. The lowest BCUT2D eigenvalue weighted by Gasteiger charge is -2.18. The van der Waals surface area contributed by atoms with E-state index >= 15 is 0 Å². The predicted octanol–water partition coefficient (Wildman–Crippen LogP) is 0.132. The highest BCUT2D eigenvalue weighted by Crippen LogP contribution is 2.21. The van der Waals surface area contributed by atoms with Crippen molar-refractivity contribution in [1.29, 1.82) is 0 Å². The van der Waals surface area contributed by atoms with Gasteiger partial charge in [0.1, 0.15) is 0 Å². The van der Waals surface area contributed by atoms with Gasteiger partial charge in [-0.25, -0.2) is 0 Å². The van der Waals surface area contributed by atoms with Crippen LogP contribution in [-0.2, 0) is 4.79 Å². The molecule has 0 bridgehead atoms. The van der Waals surface area contributed by atoms with Gasteiger partial charge in [0, 0.05) is 26.1 Å². The van der Waals surface area contributed by atoms with Gasteiger partial charge < -0.3 is 15.1 Å². The summed E-state index contributed by atoms with van der Waals surface area (Å²) in [6.07, 6.45) is 2.55. The van der Waals surface area contributed by atoms with Crippen LogP contribution in [0, 0.1) is 0 Å². The van der Waals surface area contributed by atoms with Crippen LogP contribution in [0.15, 0.2) is 0 Å². The summed E-state index contributed by atoms with van der Waals surface area (Å²) < 4.78 is 0. The molecule has 0 aromatic carbocycles. The van der Waals surface area contributed by atoms with E-state index in [0.717, 1.165) is 6.42 Å². The van der Waals surface area contributed by atoms with Crippen LogP contribution in [0.1, 0.15) is 32.6 Å². The summed E-state index contributed by atoms with van der Waals surface area (Å²) in [5, 5.41) is 18.2. The lowest BCUT2D eigenvalue weighted by molar-refractivity contribution is -0.131. The highest BCUT2D eigenvalue weighted by Gasteiger charge is 2.33. The first-order valence-corrected chi connectivity index (χ1v) is 5.16. The van der Waals surface area contributed by atoms with Gasteiger partial charge in [0.2, 0.25) is 5.91 Å². The minimum atomic E-state index is -0.702. The Labute approximate surface area is 84.5 Å². The average Bonchev–Trinajstić information content (AvgIpc) is 2.46. The van der Waals surface area contributed by atoms with E-state index < -0.39 is 5.60 Å². The summed E-state index contributed by atoms with van der Waals surface area (Å²) >= 11 is 0. The number of nitrogens with zero attached hydrogens (tertiary/aromatic N) is 1. The summed E-state index contributed by atoms with van der Waals surface area (Å²) in [5.74, 6) is 0.0937. The SMILES string of the molecule is CC1(O)CCN(C(=O)CCCCO)C1. The van der Waals surface area contributed by atoms with Crippen LogP contribution >= 0.6 is 0 Å². The Morgan fingerprint density at radius 3 is 2.71 bits per heavy atom. The first-order chi connectivity index (χ1) is 6.55. The Morgan fingerprint density at radius 1 is 1.50 bits per heavy atom. The van der Waals surface area contributed by atoms with Gasteiger partial charge in [0.05, 0.1) is 5.60 Å². The molecule has 1 unspecified atom stereocenters. The number of carbonyl (C=O) groups is 1. The molecule has 0 aromatic heterocycles. The zero-order valence-corrected chi connectivity index (χ0v) is 8.70. The minimum absolute atomic E-state index is 0.0937. The number of unbranched alkanes of at least 4 members (excludes halogenated alkanes) is 1. The molecule has 0 aliphatic carbocycles. The molecular formula is C10H19NO3. The number of amides is 1. The zero-order chi connectivity index (χ0) is 10.6. The van der Waals surface area contributed by atoms with E-state index in [1.807, 2.05) is 0 Å². The summed E-state index contributed by atoms with van der Waals surface area (Å²) in [5.41, 5.74) is -0.702. The van der Waals surface area contributed by atoms with Crippen LogP contribution in [0.4, 0.5) is 0 Å². The zero-order valence-electron chi connectivity index (χ0n) is 8.70. The fourth-order valence-corrected chi connectivity index (χ4v) is 1.70. The molecular weight excluding hydrogens is 182 g/mol. The smallest absolute Gasteiger partial charge is 0.222 e. The monoisotopic (exact) mass is 201 g/mol. The van der Waals surface area contributed by atoms with Crippen molar-refractivity contribution in [3.8, 4) is 0 Å². The number of hydrogen-bond acceptors (Lipinski definition) is 3. The largest absolute Gasteiger partial charge is 0.396 e. The number of carbonyl (C=O) groups excluding carboxylic acids is 1. The van der Waals surface area contributed by atoms with Crippen LogP contribution in [0.3, 0.4) is 0 Å². The van der Waals surface area contributed by atoms with E-state index in [1.165, 1.54) is 0 Å². The summed E-state index contributed by atoms with van der Waals surface area (Å²) in [6.45, 7) is 3.01. The van der Waals surface area contributed by atoms with Gasteiger partial charge in [-0.05, 0) is 26.2 Å². The van der Waals surface area contributed by atoms with Crippen molar-refractivity contribution in [2.45, 2.75) is 38.2 Å². The Bertz CT molecular complexity index is 204. The molecule has 4 nitrogen and oxygen atoms in total. The maximum absolute atomic E-state index is 11.5. The molecule has 0 radical (unpaired) electrons. The van der Waals surface area contributed by atoms with E-state index in [-0.39, 0.29) is 12.5 Å². The predicted molar refractivity (Wildman–Crippen MR) is 52.8 cm³/mol. The summed E-state index contributed by atoms with van der Waals surface area (Å²) in [7, 11) is 0. The van der Waals surface area contributed by atoms with Crippen molar-refractivity contribution in [3.63, 3.8) is 0 Å². The lowest BCUT2D eigenvalue weighted by Crippen LogP contribution is -2.33. The molecule has 1 rings (SSSR count). The van der Waals surface area contributed by atoms with E-state index in [0.29, 0.717) is 32.4 Å². The fraction of sp³-hybridized carbons (Fsp3) is 0.900. The van der Waals surface area contributed by atoms with Gasteiger partial charge in [0.25, 0.3) is 0 Å². The molecule has 1 aliphatic heterocycles. The van der Waals surface area contributed by atoms with Gasteiger partial charge in [0.15, 0.2) is 0 Å². The van der Waals surface area contributed by atoms with E-state index in [1.54, 1.807) is 11.8 Å². The third-order valence-corrected chi connectivity index (χ3v) is 2.60. The molecule has 82 valence electrons. The Kier molecular flexibility index (Phi) is 3.89. The molecule has 4 heteroatoms. The number of likely N-dealkylation sites (tertiary alicyclic amines) is 1. The van der Waals surface area contributed by atoms with Gasteiger partial charge in [-0.15, -0.1) is 0 Å². The van der Waals surface area contributed by atoms with Crippen molar-refractivity contribution in [2.75, 3.05) is 19.7 Å². The maximum atomic E-state index is 11.5. The van der Waals surface area contributed by atoms with Gasteiger partial charge in [-0.2, -0.15) is 0 Å². The molecule has 14 heavy (non-hydrogen) atoms. The molecule has 1 fully saturated rings. The second-order valence-corrected chi connectivity index (χ2v) is 4.24. The molecule has 0 saturated carbocycles. The van der Waals surface area contributed by atoms with E-state index in [9.17, 15) is 9.90 Å². The maximum Gasteiger partial charge on any atom is 0.222 e. The Hall–Kier alpha value is -0.610. The Balaban J connectivity index is 2.25. The topological polar surface area (TPSA) is 60.8 Å². The van der Waals surface area contributed by atoms with Gasteiger partial charge >= 0.3 is 0 Å². The average molecular weight is 201 g/mol. The number of aliphatic hydroxyl groups excluding tert-OH is 1. The summed E-state index contributed by atoms with van der Waals surface area (Å²) in [4.78, 5) is 13.2. The third-order valence-electron chi connectivity index (χ3n) is 2.60. The number of rotatable bonds is 4. The van der Waals surface area contributed by atoms with Crippen LogP contribution in [0.5, 0.6) is 0 Å². The van der Waals surface area contributed by atoms with Gasteiger partial charge in [-0.1, -0.05) is 0 Å². The quantitative estimate of drug-likeness (QED) is 0.636. The molecule has 1 heterocycles. The minimum Gasteiger partial charge on any atom is -0.396 e. The van der Waals surface area contributed by atoms with Crippen LogP contribution in [-0.4, -0.2) is 46.3 Å². The fourth-order valence-electron chi connectivity index (χ4n) is 1.70. The molecule has 1 aliphatic rings. The first kappa shape index (κ1) is 11.5. The molecule has 1 atom stereocenters. The van der Waals surface area contributed by atoms with E-state index in [4.69, 9.17) is 5.11 Å². The molecule has 1 amide bonds. The van der Waals surface area contributed by atoms with Crippen LogP contribution in [0.2, 0.25) is 0 Å². The van der Waals surface area contributed by atoms with Crippen molar-refractivity contribution in [3.05, 3.63) is 0 Å². The Morgan fingerprint density at radius 2 is 2.21 bits per heavy atom. The third kappa shape index (κ3) is 3.27. The van der Waals surface area contributed by atoms with Crippen LogP contribution in [0.25, 0.3) is 0 Å². The van der Waals surface area contributed by atoms with Crippen molar-refractivity contribution in [1.82, 2.24) is 4.90 Å². The highest BCUT2D eigenvalue weighted by molar-refractivity contribution is 5.76. The van der Waals surface area contributed by atoms with Crippen molar-refractivity contribution >= 4 is 5.91 Å². The number of β-amino-alcohol motifs (C(OH)–C–C–N with tert-alkyl or cyclic N) is 1. The van der Waals surface area contributed by atoms with Crippen molar-refractivity contribution < 1.29 is 15.0 Å². The second-order valence-electron chi connectivity index (χ2n) is 4.24. The lowest BCUT2D eigenvalue weighted by atomic mass is 10.1. The molecule has 0 spiro atoms. The summed E-state index contributed by atoms with van der Waals surface area (Å²) in [6, 6.07) is 0. The molecule has 1 saturated heterocycles. The van der Waals surface area contributed by atoms with Crippen molar-refractivity contribution in [2.24, 2.45) is 0 Å². The van der Waals surface area contributed by atoms with Crippen LogP contribution < -0.4 is 0 Å². The van der Waals surface area contributed by atoms with E-state index in [2.05, 4.69) is 0 Å². The second kappa shape index (κ2) is 4.75. The molecule has 2 N–H and O–H groups in total. The highest BCUT2D eigenvalue weighted by atomic mass is 16.3. The number of hydrogen-bond donors (Lipinski definition) is 2. The first-order valence-electron chi connectivity index (χ1n) is 5.16. The van der Waals surface area contributed by atoms with Gasteiger partial charge in [-0.3, -0.25) is 4.79 Å². The normalized spacial score (nSPS) is 26.9.